The van der Waals surface area contributed by atoms with Crippen molar-refractivity contribution in [3.05, 3.63) is 63.5 Å². The van der Waals surface area contributed by atoms with E-state index in [9.17, 15) is 4.79 Å². The Morgan fingerprint density at radius 3 is 2.83 bits per heavy atom. The average Bonchev–Trinajstić information content (AvgIpc) is 3.05. The van der Waals surface area contributed by atoms with Gasteiger partial charge in [-0.05, 0) is 42.7 Å². The molecule has 0 aliphatic rings. The number of rotatable bonds is 4. The van der Waals surface area contributed by atoms with Crippen molar-refractivity contribution in [1.29, 1.82) is 0 Å². The number of carbonyl (C=O) groups is 1. The minimum absolute atomic E-state index is 0.191. The molecule has 0 fully saturated rings. The summed E-state index contributed by atoms with van der Waals surface area (Å²) < 4.78 is 0. The Morgan fingerprint density at radius 2 is 2.04 bits per heavy atom. The molecule has 0 aliphatic carbocycles. The SMILES string of the molecule is CSc1cccc(C(=O)Nc2nc(-c3cc(Cl)ccc3Cl)cs2)c1. The fourth-order valence-corrected chi connectivity index (χ4v) is 3.63. The van der Waals surface area contributed by atoms with Gasteiger partial charge in [-0.1, -0.05) is 29.3 Å². The summed E-state index contributed by atoms with van der Waals surface area (Å²) >= 11 is 15.1. The lowest BCUT2D eigenvalue weighted by molar-refractivity contribution is 0.102. The van der Waals surface area contributed by atoms with Crippen molar-refractivity contribution in [3.8, 4) is 11.3 Å². The zero-order valence-electron chi connectivity index (χ0n) is 12.5. The molecule has 1 N–H and O–H groups in total. The van der Waals surface area contributed by atoms with Gasteiger partial charge in [-0.15, -0.1) is 23.1 Å². The highest BCUT2D eigenvalue weighted by atomic mass is 35.5. The number of thioether (sulfide) groups is 1. The molecule has 0 bridgehead atoms. The number of carbonyl (C=O) groups excluding carboxylic acids is 1. The van der Waals surface area contributed by atoms with E-state index in [4.69, 9.17) is 23.2 Å². The van der Waals surface area contributed by atoms with Crippen molar-refractivity contribution in [2.75, 3.05) is 11.6 Å². The number of amides is 1. The molecule has 0 radical (unpaired) electrons. The monoisotopic (exact) mass is 394 g/mol. The minimum atomic E-state index is -0.191. The van der Waals surface area contributed by atoms with Crippen LogP contribution in [0.5, 0.6) is 0 Å². The summed E-state index contributed by atoms with van der Waals surface area (Å²) in [4.78, 5) is 17.8. The lowest BCUT2D eigenvalue weighted by Crippen LogP contribution is -2.11. The maximum Gasteiger partial charge on any atom is 0.257 e. The van der Waals surface area contributed by atoms with E-state index >= 15 is 0 Å². The van der Waals surface area contributed by atoms with Crippen molar-refractivity contribution in [3.63, 3.8) is 0 Å². The third kappa shape index (κ3) is 3.92. The molecule has 0 saturated carbocycles. The van der Waals surface area contributed by atoms with Gasteiger partial charge in [0.1, 0.15) is 0 Å². The van der Waals surface area contributed by atoms with Crippen LogP contribution in [0.1, 0.15) is 10.4 Å². The van der Waals surface area contributed by atoms with Crippen LogP contribution in [0, 0.1) is 0 Å². The fourth-order valence-electron chi connectivity index (χ4n) is 2.08. The first-order valence-corrected chi connectivity index (χ1v) is 9.79. The number of hydrogen-bond acceptors (Lipinski definition) is 4. The van der Waals surface area contributed by atoms with Gasteiger partial charge in [-0.2, -0.15) is 0 Å². The Bertz CT molecular complexity index is 896. The molecule has 3 nitrogen and oxygen atoms in total. The number of aromatic nitrogens is 1. The molecule has 7 heteroatoms. The smallest absolute Gasteiger partial charge is 0.257 e. The molecule has 0 aliphatic heterocycles. The van der Waals surface area contributed by atoms with E-state index in [2.05, 4.69) is 10.3 Å². The van der Waals surface area contributed by atoms with Gasteiger partial charge in [0.25, 0.3) is 5.91 Å². The van der Waals surface area contributed by atoms with Crippen molar-refractivity contribution in [2.24, 2.45) is 0 Å². The quantitative estimate of drug-likeness (QED) is 0.544. The second-order valence-electron chi connectivity index (χ2n) is 4.85. The summed E-state index contributed by atoms with van der Waals surface area (Å²) in [7, 11) is 0. The van der Waals surface area contributed by atoms with Gasteiger partial charge in [0.05, 0.1) is 10.7 Å². The molecular formula is C17H12Cl2N2OS2. The summed E-state index contributed by atoms with van der Waals surface area (Å²) in [6.45, 7) is 0. The Morgan fingerprint density at radius 1 is 1.21 bits per heavy atom. The molecule has 122 valence electrons. The van der Waals surface area contributed by atoms with Crippen molar-refractivity contribution < 1.29 is 4.79 Å². The third-order valence-electron chi connectivity index (χ3n) is 3.26. The summed E-state index contributed by atoms with van der Waals surface area (Å²) in [5, 5.41) is 6.32. The molecule has 0 saturated heterocycles. The normalized spacial score (nSPS) is 10.6. The van der Waals surface area contributed by atoms with Gasteiger partial charge in [0.15, 0.2) is 5.13 Å². The second kappa shape index (κ2) is 7.57. The molecule has 3 aromatic rings. The van der Waals surface area contributed by atoms with Crippen molar-refractivity contribution in [2.45, 2.75) is 4.90 Å². The van der Waals surface area contributed by atoms with Gasteiger partial charge >= 0.3 is 0 Å². The number of nitrogens with one attached hydrogen (secondary N) is 1. The van der Waals surface area contributed by atoms with Crippen LogP contribution in [-0.2, 0) is 0 Å². The molecule has 0 spiro atoms. The zero-order valence-corrected chi connectivity index (χ0v) is 15.7. The molecule has 0 atom stereocenters. The highest BCUT2D eigenvalue weighted by molar-refractivity contribution is 7.98. The van der Waals surface area contributed by atoms with E-state index in [1.54, 1.807) is 36.0 Å². The van der Waals surface area contributed by atoms with Gasteiger partial charge in [0, 0.05) is 26.4 Å². The maximum atomic E-state index is 12.3. The molecule has 2 aromatic carbocycles. The summed E-state index contributed by atoms with van der Waals surface area (Å²) in [6, 6.07) is 12.7. The Hall–Kier alpha value is -1.53. The predicted octanol–water partition coefficient (Wildman–Crippen LogP) is 6.09. The number of halogens is 2. The predicted molar refractivity (Wildman–Crippen MR) is 104 cm³/mol. The topological polar surface area (TPSA) is 42.0 Å². The lowest BCUT2D eigenvalue weighted by Gasteiger charge is -2.04. The number of nitrogens with zero attached hydrogens (tertiary/aromatic N) is 1. The van der Waals surface area contributed by atoms with Gasteiger partial charge in [-0.25, -0.2) is 4.98 Å². The average molecular weight is 395 g/mol. The van der Waals surface area contributed by atoms with E-state index in [0.29, 0.717) is 26.4 Å². The Labute approximate surface area is 158 Å². The van der Waals surface area contributed by atoms with Crippen LogP contribution in [0.4, 0.5) is 5.13 Å². The summed E-state index contributed by atoms with van der Waals surface area (Å²) in [6.07, 6.45) is 1.97. The molecule has 1 aromatic heterocycles. The standard InChI is InChI=1S/C17H12Cl2N2OS2/c1-23-12-4-2-3-10(7-12)16(22)21-17-20-15(9-24-17)13-8-11(18)5-6-14(13)19/h2-9H,1H3,(H,20,21,22). The minimum Gasteiger partial charge on any atom is -0.298 e. The van der Waals surface area contributed by atoms with Gasteiger partial charge in [-0.3, -0.25) is 10.1 Å². The fraction of sp³-hybridized carbons (Fsp3) is 0.0588. The summed E-state index contributed by atoms with van der Waals surface area (Å²) in [5.74, 6) is -0.191. The number of anilines is 1. The van der Waals surface area contributed by atoms with Crippen LogP contribution in [0.2, 0.25) is 10.0 Å². The van der Waals surface area contributed by atoms with Crippen LogP contribution in [0.3, 0.4) is 0 Å². The Balaban J connectivity index is 1.81. The number of thiazole rings is 1. The van der Waals surface area contributed by atoms with Crippen LogP contribution in [-0.4, -0.2) is 17.1 Å². The lowest BCUT2D eigenvalue weighted by atomic mass is 10.2. The summed E-state index contributed by atoms with van der Waals surface area (Å²) in [5.41, 5.74) is 2.02. The molecule has 1 amide bonds. The van der Waals surface area contributed by atoms with E-state index in [1.165, 1.54) is 11.3 Å². The number of benzene rings is 2. The second-order valence-corrected chi connectivity index (χ2v) is 7.43. The third-order valence-corrected chi connectivity index (χ3v) is 5.31. The van der Waals surface area contributed by atoms with Gasteiger partial charge in [0.2, 0.25) is 0 Å². The van der Waals surface area contributed by atoms with E-state index < -0.39 is 0 Å². The van der Waals surface area contributed by atoms with Crippen molar-refractivity contribution in [1.82, 2.24) is 4.98 Å². The van der Waals surface area contributed by atoms with Crippen molar-refractivity contribution >= 4 is 57.3 Å². The van der Waals surface area contributed by atoms with Gasteiger partial charge < -0.3 is 0 Å². The van der Waals surface area contributed by atoms with Crippen LogP contribution >= 0.6 is 46.3 Å². The first kappa shape index (κ1) is 17.3. The van der Waals surface area contributed by atoms with E-state index in [0.717, 1.165) is 10.5 Å². The van der Waals surface area contributed by atoms with Crippen LogP contribution in [0.25, 0.3) is 11.3 Å². The molecule has 24 heavy (non-hydrogen) atoms. The first-order chi connectivity index (χ1) is 11.6. The van der Waals surface area contributed by atoms with Crippen LogP contribution < -0.4 is 5.32 Å². The van der Waals surface area contributed by atoms with E-state index in [-0.39, 0.29) is 5.91 Å². The zero-order chi connectivity index (χ0) is 17.1. The van der Waals surface area contributed by atoms with Crippen LogP contribution in [0.15, 0.2) is 52.7 Å². The highest BCUT2D eigenvalue weighted by Crippen LogP contribution is 2.32. The Kier molecular flexibility index (Phi) is 5.46. The maximum absolute atomic E-state index is 12.3. The molecule has 0 unspecified atom stereocenters. The molecular weight excluding hydrogens is 383 g/mol. The van der Waals surface area contributed by atoms with E-state index in [1.807, 2.05) is 29.8 Å². The first-order valence-electron chi connectivity index (χ1n) is 6.93. The molecule has 1 heterocycles. The largest absolute Gasteiger partial charge is 0.298 e. The number of hydrogen-bond donors (Lipinski definition) is 1. The highest BCUT2D eigenvalue weighted by Gasteiger charge is 2.12. The molecule has 3 rings (SSSR count).